The minimum atomic E-state index is -0.922. The summed E-state index contributed by atoms with van der Waals surface area (Å²) >= 11 is 0. The zero-order chi connectivity index (χ0) is 7.61. The zero-order valence-corrected chi connectivity index (χ0v) is 5.74. The Hall–Kier alpha value is -1.12. The van der Waals surface area contributed by atoms with E-state index >= 15 is 0 Å². The third-order valence-corrected chi connectivity index (χ3v) is 1.56. The summed E-state index contributed by atoms with van der Waals surface area (Å²) in [7, 11) is 0. The Balaban J connectivity index is 2.80. The molecule has 1 unspecified atom stereocenters. The Labute approximate surface area is 59.1 Å². The Kier molecular flexibility index (Phi) is 1.57. The van der Waals surface area contributed by atoms with Crippen molar-refractivity contribution in [3.8, 4) is 0 Å². The van der Waals surface area contributed by atoms with E-state index < -0.39 is 11.5 Å². The predicted octanol–water partition coefficient (Wildman–Crippen LogP) is 0.860. The van der Waals surface area contributed by atoms with Gasteiger partial charge in [0.25, 0.3) is 0 Å². The average Bonchev–Trinajstić information content (AvgIpc) is 1.89. The minimum Gasteiger partial charge on any atom is -0.479 e. The van der Waals surface area contributed by atoms with Gasteiger partial charge in [-0.25, -0.2) is 4.79 Å². The molecular weight excluding hydrogens is 130 g/mol. The molecule has 1 heterocycles. The van der Waals surface area contributed by atoms with Crippen LogP contribution in [-0.4, -0.2) is 22.8 Å². The van der Waals surface area contributed by atoms with Crippen LogP contribution in [0, 0.1) is 0 Å². The van der Waals surface area contributed by atoms with E-state index in [0.29, 0.717) is 6.42 Å². The number of rotatable bonds is 1. The molecule has 3 nitrogen and oxygen atoms in total. The lowest BCUT2D eigenvalue weighted by molar-refractivity contribution is -0.142. The van der Waals surface area contributed by atoms with Gasteiger partial charge in [0.15, 0.2) is 5.54 Å². The van der Waals surface area contributed by atoms with Gasteiger partial charge >= 0.3 is 5.97 Å². The molecule has 0 aliphatic carbocycles. The lowest BCUT2D eigenvalue weighted by atomic mass is 9.97. The molecule has 0 aromatic heterocycles. The Morgan fingerprint density at radius 1 is 1.80 bits per heavy atom. The van der Waals surface area contributed by atoms with E-state index in [1.54, 1.807) is 19.1 Å². The van der Waals surface area contributed by atoms with E-state index in [2.05, 4.69) is 4.99 Å². The fourth-order valence-electron chi connectivity index (χ4n) is 0.761. The van der Waals surface area contributed by atoms with Gasteiger partial charge in [-0.1, -0.05) is 6.08 Å². The molecule has 0 spiro atoms. The van der Waals surface area contributed by atoms with Crippen molar-refractivity contribution < 1.29 is 9.90 Å². The number of allylic oxidation sites excluding steroid dienone is 1. The van der Waals surface area contributed by atoms with Gasteiger partial charge in [0.05, 0.1) is 0 Å². The number of carboxylic acids is 1. The summed E-state index contributed by atoms with van der Waals surface area (Å²) in [6.45, 7) is 1.61. The Bertz CT molecular complexity index is 208. The van der Waals surface area contributed by atoms with Crippen LogP contribution >= 0.6 is 0 Å². The molecule has 10 heavy (non-hydrogen) atoms. The predicted molar refractivity (Wildman–Crippen MR) is 38.3 cm³/mol. The first-order valence-electron chi connectivity index (χ1n) is 3.09. The summed E-state index contributed by atoms with van der Waals surface area (Å²) in [5.41, 5.74) is -0.922. The molecule has 1 aliphatic rings. The van der Waals surface area contributed by atoms with Crippen molar-refractivity contribution in [2.75, 3.05) is 0 Å². The lowest BCUT2D eigenvalue weighted by Crippen LogP contribution is -2.33. The van der Waals surface area contributed by atoms with Gasteiger partial charge in [0.2, 0.25) is 0 Å². The number of dihydropyridines is 1. The van der Waals surface area contributed by atoms with Gasteiger partial charge in [0.1, 0.15) is 0 Å². The van der Waals surface area contributed by atoms with E-state index in [9.17, 15) is 4.79 Å². The van der Waals surface area contributed by atoms with Gasteiger partial charge in [-0.2, -0.15) is 0 Å². The van der Waals surface area contributed by atoms with Crippen molar-refractivity contribution >= 4 is 12.2 Å². The number of aliphatic imine (C=N–C) groups is 1. The van der Waals surface area contributed by atoms with Crippen LogP contribution in [0.15, 0.2) is 17.1 Å². The Morgan fingerprint density at radius 3 is 2.80 bits per heavy atom. The van der Waals surface area contributed by atoms with Gasteiger partial charge < -0.3 is 5.11 Å². The van der Waals surface area contributed by atoms with Crippen LogP contribution < -0.4 is 0 Å². The molecule has 0 saturated carbocycles. The molecule has 0 saturated heterocycles. The van der Waals surface area contributed by atoms with Crippen LogP contribution in [0.4, 0.5) is 0 Å². The molecule has 0 aromatic carbocycles. The van der Waals surface area contributed by atoms with Crippen molar-refractivity contribution in [2.24, 2.45) is 4.99 Å². The van der Waals surface area contributed by atoms with Gasteiger partial charge in [0, 0.05) is 12.6 Å². The largest absolute Gasteiger partial charge is 0.479 e. The van der Waals surface area contributed by atoms with Crippen molar-refractivity contribution in [3.05, 3.63) is 12.2 Å². The third-order valence-electron chi connectivity index (χ3n) is 1.56. The van der Waals surface area contributed by atoms with Gasteiger partial charge in [-0.15, -0.1) is 0 Å². The minimum absolute atomic E-state index is 0.485. The van der Waals surface area contributed by atoms with E-state index in [4.69, 9.17) is 5.11 Å². The first-order chi connectivity index (χ1) is 4.65. The molecule has 0 aromatic rings. The highest BCUT2D eigenvalue weighted by Crippen LogP contribution is 2.18. The summed E-state index contributed by atoms with van der Waals surface area (Å²) < 4.78 is 0. The summed E-state index contributed by atoms with van der Waals surface area (Å²) in [6, 6.07) is 0. The second-order valence-corrected chi connectivity index (χ2v) is 2.49. The number of hydrogen-bond donors (Lipinski definition) is 1. The smallest absolute Gasteiger partial charge is 0.331 e. The summed E-state index contributed by atoms with van der Waals surface area (Å²) in [5.74, 6) is -0.867. The maximum Gasteiger partial charge on any atom is 0.331 e. The molecule has 0 fully saturated rings. The van der Waals surface area contributed by atoms with Gasteiger partial charge in [-0.3, -0.25) is 4.99 Å². The number of nitrogens with zero attached hydrogens (tertiary/aromatic N) is 1. The van der Waals surface area contributed by atoms with Gasteiger partial charge in [-0.05, 0) is 13.0 Å². The monoisotopic (exact) mass is 139 g/mol. The van der Waals surface area contributed by atoms with E-state index in [0.717, 1.165) is 0 Å². The van der Waals surface area contributed by atoms with Crippen LogP contribution in [0.25, 0.3) is 0 Å². The third kappa shape index (κ3) is 1.07. The molecule has 3 heteroatoms. The molecule has 1 N–H and O–H groups in total. The molecule has 1 rings (SSSR count). The topological polar surface area (TPSA) is 49.7 Å². The van der Waals surface area contributed by atoms with Crippen molar-refractivity contribution in [1.82, 2.24) is 0 Å². The fraction of sp³-hybridized carbons (Fsp3) is 0.429. The first-order valence-corrected chi connectivity index (χ1v) is 3.09. The van der Waals surface area contributed by atoms with E-state index in [-0.39, 0.29) is 0 Å². The number of carboxylic acid groups (broad SMARTS) is 1. The second-order valence-electron chi connectivity index (χ2n) is 2.49. The standard InChI is InChI=1S/C7H9NO2/c1-7(6(9)10)4-2-3-5-8-7/h2-3,5H,4H2,1H3,(H,9,10). The zero-order valence-electron chi connectivity index (χ0n) is 5.74. The summed E-state index contributed by atoms with van der Waals surface area (Å²) in [5, 5.41) is 8.65. The lowest BCUT2D eigenvalue weighted by Gasteiger charge is -2.19. The first kappa shape index (κ1) is 6.99. The normalized spacial score (nSPS) is 30.5. The number of hydrogen-bond acceptors (Lipinski definition) is 2. The van der Waals surface area contributed by atoms with Crippen LogP contribution in [0.5, 0.6) is 0 Å². The van der Waals surface area contributed by atoms with Crippen LogP contribution in [-0.2, 0) is 4.79 Å². The van der Waals surface area contributed by atoms with Crippen molar-refractivity contribution in [1.29, 1.82) is 0 Å². The SMILES string of the molecule is CC1(C(=O)O)CC=CC=N1. The van der Waals surface area contributed by atoms with E-state index in [1.807, 2.05) is 0 Å². The van der Waals surface area contributed by atoms with Crippen LogP contribution in [0.2, 0.25) is 0 Å². The molecule has 0 amide bonds. The summed E-state index contributed by atoms with van der Waals surface area (Å²) in [6.07, 6.45) is 5.57. The van der Waals surface area contributed by atoms with Crippen molar-refractivity contribution in [2.45, 2.75) is 18.9 Å². The molecule has 1 aliphatic heterocycles. The summed E-state index contributed by atoms with van der Waals surface area (Å²) in [4.78, 5) is 14.4. The maximum absolute atomic E-state index is 10.5. The molecule has 54 valence electrons. The average molecular weight is 139 g/mol. The van der Waals surface area contributed by atoms with Crippen molar-refractivity contribution in [3.63, 3.8) is 0 Å². The highest BCUT2D eigenvalue weighted by Gasteiger charge is 2.31. The number of aliphatic carboxylic acids is 1. The van der Waals surface area contributed by atoms with Crippen LogP contribution in [0.1, 0.15) is 13.3 Å². The highest BCUT2D eigenvalue weighted by molar-refractivity contribution is 5.84. The Morgan fingerprint density at radius 2 is 2.50 bits per heavy atom. The maximum atomic E-state index is 10.5. The molecule has 0 radical (unpaired) electrons. The molecule has 1 atom stereocenters. The second kappa shape index (κ2) is 2.25. The quantitative estimate of drug-likeness (QED) is 0.585. The van der Waals surface area contributed by atoms with E-state index in [1.165, 1.54) is 6.21 Å². The van der Waals surface area contributed by atoms with Crippen LogP contribution in [0.3, 0.4) is 0 Å². The highest BCUT2D eigenvalue weighted by atomic mass is 16.4. The number of carbonyl (C=O) groups is 1. The fourth-order valence-corrected chi connectivity index (χ4v) is 0.761. The molecular formula is C7H9NO2. The molecule has 0 bridgehead atoms.